The summed E-state index contributed by atoms with van der Waals surface area (Å²) in [4.78, 5) is 9.27. The molecule has 5 nitrogen and oxygen atoms in total. The number of ether oxygens (including phenoxy) is 1. The molecule has 0 bridgehead atoms. The van der Waals surface area contributed by atoms with E-state index < -0.39 is 11.7 Å². The van der Waals surface area contributed by atoms with Crippen molar-refractivity contribution >= 4 is 0 Å². The molecule has 22 heavy (non-hydrogen) atoms. The van der Waals surface area contributed by atoms with Crippen molar-refractivity contribution in [2.75, 3.05) is 13.1 Å². The van der Waals surface area contributed by atoms with Crippen LogP contribution in [0.1, 0.15) is 19.0 Å². The Kier molecular flexibility index (Phi) is 4.13. The van der Waals surface area contributed by atoms with E-state index >= 15 is 0 Å². The molecule has 1 aliphatic rings. The van der Waals surface area contributed by atoms with Crippen LogP contribution in [0.25, 0.3) is 0 Å². The van der Waals surface area contributed by atoms with E-state index in [2.05, 4.69) is 14.9 Å². The highest BCUT2D eigenvalue weighted by atomic mass is 19.1. The Morgan fingerprint density at radius 2 is 2.41 bits per heavy atom. The number of H-pyrrole nitrogens is 1. The van der Waals surface area contributed by atoms with E-state index in [1.807, 2.05) is 0 Å². The third-order valence-electron chi connectivity index (χ3n) is 4.08. The summed E-state index contributed by atoms with van der Waals surface area (Å²) in [6, 6.07) is 6.01. The van der Waals surface area contributed by atoms with Crippen molar-refractivity contribution in [3.05, 3.63) is 48.3 Å². The second-order valence-corrected chi connectivity index (χ2v) is 5.98. The van der Waals surface area contributed by atoms with Crippen molar-refractivity contribution in [3.8, 4) is 5.75 Å². The molecule has 1 aliphatic heterocycles. The number of nitrogens with zero attached hydrogens (tertiary/aromatic N) is 2. The lowest BCUT2D eigenvalue weighted by Crippen LogP contribution is -2.56. The molecule has 3 rings (SSSR count). The molecule has 1 aromatic carbocycles. The molecule has 6 heteroatoms. The molecule has 0 aliphatic carbocycles. The van der Waals surface area contributed by atoms with Crippen molar-refractivity contribution in [3.63, 3.8) is 0 Å². The lowest BCUT2D eigenvalue weighted by atomic mass is 9.90. The fourth-order valence-corrected chi connectivity index (χ4v) is 2.69. The molecule has 118 valence electrons. The Hall–Kier alpha value is -1.92. The molecule has 2 atom stereocenters. The molecule has 0 amide bonds. The van der Waals surface area contributed by atoms with Gasteiger partial charge >= 0.3 is 0 Å². The van der Waals surface area contributed by atoms with Crippen molar-refractivity contribution in [1.82, 2.24) is 14.9 Å². The van der Waals surface area contributed by atoms with Gasteiger partial charge in [-0.25, -0.2) is 9.37 Å². The molecule has 0 radical (unpaired) electrons. The van der Waals surface area contributed by atoms with Crippen molar-refractivity contribution in [2.45, 2.75) is 31.6 Å². The first kappa shape index (κ1) is 15.0. The van der Waals surface area contributed by atoms with Crippen LogP contribution < -0.4 is 4.74 Å². The van der Waals surface area contributed by atoms with Gasteiger partial charge in [0.2, 0.25) is 0 Å². The number of hydrogen-bond donors (Lipinski definition) is 2. The molecular formula is C16H20FN3O2. The van der Waals surface area contributed by atoms with Crippen LogP contribution in [-0.4, -0.2) is 44.8 Å². The number of halogens is 1. The van der Waals surface area contributed by atoms with E-state index in [0.717, 1.165) is 18.8 Å². The SMILES string of the molecule is C[C@]1(O)CCN(Cc2cnc[nH]2)C[C@@H]1Oc1cccc(F)c1. The number of imidazole rings is 1. The molecule has 0 saturated carbocycles. The van der Waals surface area contributed by atoms with Crippen LogP contribution in [0.5, 0.6) is 5.75 Å². The van der Waals surface area contributed by atoms with Gasteiger partial charge in [-0.2, -0.15) is 0 Å². The fourth-order valence-electron chi connectivity index (χ4n) is 2.69. The first-order valence-electron chi connectivity index (χ1n) is 7.37. The molecule has 1 saturated heterocycles. The number of rotatable bonds is 4. The van der Waals surface area contributed by atoms with Crippen molar-refractivity contribution in [2.24, 2.45) is 0 Å². The summed E-state index contributed by atoms with van der Waals surface area (Å²) < 4.78 is 19.1. The van der Waals surface area contributed by atoms with Gasteiger partial charge in [0.15, 0.2) is 0 Å². The largest absolute Gasteiger partial charge is 0.486 e. The monoisotopic (exact) mass is 305 g/mol. The smallest absolute Gasteiger partial charge is 0.140 e. The van der Waals surface area contributed by atoms with Crippen LogP contribution in [0, 0.1) is 5.82 Å². The highest BCUT2D eigenvalue weighted by Gasteiger charge is 2.39. The average Bonchev–Trinajstić information content (AvgIpc) is 2.96. The van der Waals surface area contributed by atoms with Gasteiger partial charge in [-0.15, -0.1) is 0 Å². The van der Waals surface area contributed by atoms with E-state index in [0.29, 0.717) is 18.7 Å². The maximum atomic E-state index is 13.3. The Labute approximate surface area is 128 Å². The standard InChI is InChI=1S/C16H20FN3O2/c1-16(21)5-6-20(9-13-8-18-11-19-13)10-15(16)22-14-4-2-3-12(17)7-14/h2-4,7-8,11,15,21H,5-6,9-10H2,1H3,(H,18,19)/t15-,16-/m0/s1. The number of likely N-dealkylation sites (tertiary alicyclic amines) is 1. The summed E-state index contributed by atoms with van der Waals surface area (Å²) in [6.07, 6.45) is 3.62. The van der Waals surface area contributed by atoms with Crippen LogP contribution >= 0.6 is 0 Å². The van der Waals surface area contributed by atoms with Crippen molar-refractivity contribution in [1.29, 1.82) is 0 Å². The molecule has 2 aromatic rings. The third kappa shape index (κ3) is 3.45. The van der Waals surface area contributed by atoms with Gasteiger partial charge in [-0.3, -0.25) is 4.90 Å². The Balaban J connectivity index is 1.69. The van der Waals surface area contributed by atoms with E-state index in [-0.39, 0.29) is 5.82 Å². The van der Waals surface area contributed by atoms with Crippen molar-refractivity contribution < 1.29 is 14.2 Å². The van der Waals surface area contributed by atoms with Crippen LogP contribution in [-0.2, 0) is 6.54 Å². The number of benzene rings is 1. The second kappa shape index (κ2) is 6.06. The summed E-state index contributed by atoms with van der Waals surface area (Å²) >= 11 is 0. The normalized spacial score (nSPS) is 26.0. The minimum Gasteiger partial charge on any atom is -0.486 e. The lowest BCUT2D eigenvalue weighted by Gasteiger charge is -2.42. The molecule has 1 fully saturated rings. The summed E-state index contributed by atoms with van der Waals surface area (Å²) in [6.45, 7) is 3.83. The third-order valence-corrected chi connectivity index (χ3v) is 4.08. The van der Waals surface area contributed by atoms with E-state index in [9.17, 15) is 9.50 Å². The highest BCUT2D eigenvalue weighted by Crippen LogP contribution is 2.27. The summed E-state index contributed by atoms with van der Waals surface area (Å²) in [5.74, 6) is 0.0935. The van der Waals surface area contributed by atoms with E-state index in [1.54, 1.807) is 31.6 Å². The highest BCUT2D eigenvalue weighted by molar-refractivity contribution is 5.23. The second-order valence-electron chi connectivity index (χ2n) is 5.98. The topological polar surface area (TPSA) is 61.4 Å². The Morgan fingerprint density at radius 1 is 1.55 bits per heavy atom. The Bertz CT molecular complexity index is 616. The zero-order valence-corrected chi connectivity index (χ0v) is 12.5. The number of hydrogen-bond acceptors (Lipinski definition) is 4. The minimum absolute atomic E-state index is 0.345. The van der Waals surface area contributed by atoms with Crippen LogP contribution in [0.3, 0.4) is 0 Å². The first-order chi connectivity index (χ1) is 10.5. The predicted molar refractivity (Wildman–Crippen MR) is 79.9 cm³/mol. The number of aliphatic hydroxyl groups is 1. The first-order valence-corrected chi connectivity index (χ1v) is 7.37. The van der Waals surface area contributed by atoms with Crippen LogP contribution in [0.15, 0.2) is 36.8 Å². The number of aromatic nitrogens is 2. The molecular weight excluding hydrogens is 285 g/mol. The zero-order chi connectivity index (χ0) is 15.6. The van der Waals surface area contributed by atoms with Gasteiger partial charge in [0, 0.05) is 37.6 Å². The minimum atomic E-state index is -0.934. The van der Waals surface area contributed by atoms with Gasteiger partial charge in [0.25, 0.3) is 0 Å². The molecule has 1 aromatic heterocycles. The summed E-state index contributed by atoms with van der Waals surface area (Å²) in [5.41, 5.74) is 0.0858. The fraction of sp³-hybridized carbons (Fsp3) is 0.438. The van der Waals surface area contributed by atoms with Gasteiger partial charge in [0.1, 0.15) is 23.3 Å². The quantitative estimate of drug-likeness (QED) is 0.906. The van der Waals surface area contributed by atoms with E-state index in [1.165, 1.54) is 12.1 Å². The zero-order valence-electron chi connectivity index (χ0n) is 12.5. The maximum absolute atomic E-state index is 13.3. The lowest BCUT2D eigenvalue weighted by molar-refractivity contribution is -0.0966. The summed E-state index contributed by atoms with van der Waals surface area (Å²) in [5, 5.41) is 10.5. The van der Waals surface area contributed by atoms with Gasteiger partial charge in [0.05, 0.1) is 6.33 Å². The summed E-state index contributed by atoms with van der Waals surface area (Å²) in [7, 11) is 0. The molecule has 2 N–H and O–H groups in total. The van der Waals surface area contributed by atoms with Gasteiger partial charge in [-0.05, 0) is 25.5 Å². The number of aromatic amines is 1. The number of nitrogens with one attached hydrogen (secondary N) is 1. The molecule has 2 heterocycles. The predicted octanol–water partition coefficient (Wildman–Crippen LogP) is 1.95. The Morgan fingerprint density at radius 3 is 3.14 bits per heavy atom. The van der Waals surface area contributed by atoms with E-state index in [4.69, 9.17) is 4.74 Å². The molecule has 0 unspecified atom stereocenters. The number of piperidine rings is 1. The maximum Gasteiger partial charge on any atom is 0.140 e. The van der Waals surface area contributed by atoms with Gasteiger partial charge < -0.3 is 14.8 Å². The van der Waals surface area contributed by atoms with Crippen LogP contribution in [0.4, 0.5) is 4.39 Å². The van der Waals surface area contributed by atoms with Crippen LogP contribution in [0.2, 0.25) is 0 Å². The van der Waals surface area contributed by atoms with Gasteiger partial charge in [-0.1, -0.05) is 6.07 Å². The molecule has 0 spiro atoms. The average molecular weight is 305 g/mol.